The van der Waals surface area contributed by atoms with E-state index in [9.17, 15) is 9.59 Å². The summed E-state index contributed by atoms with van der Waals surface area (Å²) in [6.07, 6.45) is -1.30. The van der Waals surface area contributed by atoms with Crippen molar-refractivity contribution in [3.63, 3.8) is 0 Å². The maximum Gasteiger partial charge on any atom is 0.335 e. The molecular formula is C8H14O4. The number of Topliss-reactive ketones (excluding diaryl/α,β-unsaturated/α-hetero) is 1. The van der Waals surface area contributed by atoms with Gasteiger partial charge in [0.15, 0.2) is 18.0 Å². The highest BCUT2D eigenvalue weighted by molar-refractivity contribution is 5.84. The number of ketones is 1. The van der Waals surface area contributed by atoms with Gasteiger partial charge in [-0.1, -0.05) is 0 Å². The van der Waals surface area contributed by atoms with Crippen LogP contribution in [0.5, 0.6) is 0 Å². The van der Waals surface area contributed by atoms with Gasteiger partial charge in [0.25, 0.3) is 0 Å². The van der Waals surface area contributed by atoms with E-state index in [4.69, 9.17) is 9.47 Å². The number of rotatable bonds is 4. The fourth-order valence-corrected chi connectivity index (χ4v) is 0.449. The molecule has 0 radical (unpaired) electrons. The molecule has 0 rings (SSSR count). The second-order valence-corrected chi connectivity index (χ2v) is 2.57. The van der Waals surface area contributed by atoms with Gasteiger partial charge in [0.05, 0.1) is 0 Å². The molecule has 0 unspecified atom stereocenters. The lowest BCUT2D eigenvalue weighted by atomic mass is 10.3. The molecule has 0 saturated carbocycles. The minimum absolute atomic E-state index is 0.174. The minimum Gasteiger partial charge on any atom is -0.453 e. The minimum atomic E-state index is -0.685. The van der Waals surface area contributed by atoms with E-state index in [1.165, 1.54) is 21.0 Å². The molecule has 2 atom stereocenters. The van der Waals surface area contributed by atoms with Gasteiger partial charge in [-0.05, 0) is 20.8 Å². The molecule has 12 heavy (non-hydrogen) atoms. The van der Waals surface area contributed by atoms with E-state index in [0.717, 1.165) is 0 Å². The van der Waals surface area contributed by atoms with Gasteiger partial charge < -0.3 is 9.47 Å². The Labute approximate surface area is 71.8 Å². The van der Waals surface area contributed by atoms with Gasteiger partial charge in [0.1, 0.15) is 0 Å². The molecule has 0 amide bonds. The second-order valence-electron chi connectivity index (χ2n) is 2.57. The summed E-state index contributed by atoms with van der Waals surface area (Å²) >= 11 is 0. The number of methoxy groups -OCH3 is 1. The van der Waals surface area contributed by atoms with Crippen molar-refractivity contribution in [2.75, 3.05) is 7.11 Å². The number of ether oxygens (including phenoxy) is 2. The van der Waals surface area contributed by atoms with Crippen LogP contribution in [-0.4, -0.2) is 31.1 Å². The van der Waals surface area contributed by atoms with E-state index in [0.29, 0.717) is 0 Å². The van der Waals surface area contributed by atoms with Gasteiger partial charge in [0.2, 0.25) is 0 Å². The highest BCUT2D eigenvalue weighted by Crippen LogP contribution is 1.98. The molecule has 4 heteroatoms. The molecule has 0 N–H and O–H groups in total. The van der Waals surface area contributed by atoms with Crippen molar-refractivity contribution in [2.45, 2.75) is 33.0 Å². The summed E-state index contributed by atoms with van der Waals surface area (Å²) in [5.41, 5.74) is 0. The molecule has 0 aliphatic carbocycles. The highest BCUT2D eigenvalue weighted by atomic mass is 16.6. The largest absolute Gasteiger partial charge is 0.453 e. The summed E-state index contributed by atoms with van der Waals surface area (Å²) in [6, 6.07) is 0. The predicted octanol–water partition coefficient (Wildman–Crippen LogP) is 0.542. The summed E-state index contributed by atoms with van der Waals surface area (Å²) < 4.78 is 9.46. The second kappa shape index (κ2) is 4.87. The summed E-state index contributed by atoms with van der Waals surface area (Å²) in [5.74, 6) is -0.688. The number of carbonyl (C=O) groups excluding carboxylic acids is 2. The number of esters is 1. The Balaban J connectivity index is 3.92. The number of hydrogen-bond acceptors (Lipinski definition) is 4. The molecule has 0 fully saturated rings. The van der Waals surface area contributed by atoms with Crippen LogP contribution in [0.25, 0.3) is 0 Å². The van der Waals surface area contributed by atoms with Gasteiger partial charge in [-0.15, -0.1) is 0 Å². The van der Waals surface area contributed by atoms with Crippen LogP contribution in [0.15, 0.2) is 0 Å². The first kappa shape index (κ1) is 11.1. The third-order valence-corrected chi connectivity index (χ3v) is 1.55. The van der Waals surface area contributed by atoms with Crippen molar-refractivity contribution in [1.82, 2.24) is 0 Å². The van der Waals surface area contributed by atoms with Crippen molar-refractivity contribution in [3.8, 4) is 0 Å². The molecule has 0 spiro atoms. The first-order valence-corrected chi connectivity index (χ1v) is 3.72. The van der Waals surface area contributed by atoms with E-state index in [1.54, 1.807) is 6.92 Å². The van der Waals surface area contributed by atoms with Gasteiger partial charge in [-0.25, -0.2) is 4.79 Å². The topological polar surface area (TPSA) is 52.6 Å². The third-order valence-electron chi connectivity index (χ3n) is 1.55. The SMILES string of the molecule is CO[C@@H](C)C(=O)O[C@H](C)C(C)=O. The molecule has 0 bridgehead atoms. The molecule has 0 aliphatic heterocycles. The normalized spacial score (nSPS) is 15.0. The lowest BCUT2D eigenvalue weighted by Gasteiger charge is -2.13. The van der Waals surface area contributed by atoms with Gasteiger partial charge in [-0.2, -0.15) is 0 Å². The Morgan fingerprint density at radius 2 is 1.67 bits per heavy atom. The number of hydrogen-bond donors (Lipinski definition) is 0. The lowest BCUT2D eigenvalue weighted by Crippen LogP contribution is -2.29. The number of carbonyl (C=O) groups is 2. The molecular weight excluding hydrogens is 160 g/mol. The van der Waals surface area contributed by atoms with Crippen LogP contribution in [0.2, 0.25) is 0 Å². The summed E-state index contributed by atoms with van der Waals surface area (Å²) in [4.78, 5) is 21.7. The van der Waals surface area contributed by atoms with Crippen LogP contribution >= 0.6 is 0 Å². The zero-order valence-corrected chi connectivity index (χ0v) is 7.79. The van der Waals surface area contributed by atoms with Gasteiger partial charge in [0, 0.05) is 7.11 Å². The standard InChI is InChI=1S/C8H14O4/c1-5(9)6(2)12-8(10)7(3)11-4/h6-7H,1-4H3/t6-,7+/m1/s1. The Hall–Kier alpha value is -0.900. The maximum absolute atomic E-state index is 11.0. The Kier molecular flexibility index (Phi) is 4.51. The van der Waals surface area contributed by atoms with Gasteiger partial charge in [-0.3, -0.25) is 4.79 Å². The Morgan fingerprint density at radius 3 is 2.00 bits per heavy atom. The third kappa shape index (κ3) is 3.48. The highest BCUT2D eigenvalue weighted by Gasteiger charge is 2.18. The molecule has 0 heterocycles. The monoisotopic (exact) mass is 174 g/mol. The smallest absolute Gasteiger partial charge is 0.335 e. The molecule has 0 aliphatic rings. The van der Waals surface area contributed by atoms with Crippen molar-refractivity contribution in [2.24, 2.45) is 0 Å². The maximum atomic E-state index is 11.0. The van der Waals surface area contributed by atoms with Crippen molar-refractivity contribution in [3.05, 3.63) is 0 Å². The Bertz CT molecular complexity index is 176. The van der Waals surface area contributed by atoms with E-state index >= 15 is 0 Å². The van der Waals surface area contributed by atoms with Crippen LogP contribution in [0.4, 0.5) is 0 Å². The predicted molar refractivity (Wildman–Crippen MR) is 42.7 cm³/mol. The average molecular weight is 174 g/mol. The van der Waals surface area contributed by atoms with Crippen molar-refractivity contribution < 1.29 is 19.1 Å². The Morgan fingerprint density at radius 1 is 1.17 bits per heavy atom. The fraction of sp³-hybridized carbons (Fsp3) is 0.750. The zero-order valence-electron chi connectivity index (χ0n) is 7.79. The summed E-state index contributed by atoms with van der Waals surface area (Å²) in [6.45, 7) is 4.47. The lowest BCUT2D eigenvalue weighted by molar-refractivity contribution is -0.162. The molecule has 4 nitrogen and oxygen atoms in total. The first-order chi connectivity index (χ1) is 5.49. The summed E-state index contributed by atoms with van der Waals surface area (Å²) in [5, 5.41) is 0. The fourth-order valence-electron chi connectivity index (χ4n) is 0.449. The molecule has 70 valence electrons. The van der Waals surface area contributed by atoms with Crippen LogP contribution in [0.1, 0.15) is 20.8 Å². The van der Waals surface area contributed by atoms with Crippen molar-refractivity contribution in [1.29, 1.82) is 0 Å². The van der Waals surface area contributed by atoms with E-state index in [1.807, 2.05) is 0 Å². The quantitative estimate of drug-likeness (QED) is 0.584. The molecule has 0 aromatic heterocycles. The van der Waals surface area contributed by atoms with E-state index in [-0.39, 0.29) is 5.78 Å². The van der Waals surface area contributed by atoms with Crippen LogP contribution < -0.4 is 0 Å². The van der Waals surface area contributed by atoms with Crippen LogP contribution in [0.3, 0.4) is 0 Å². The average Bonchev–Trinajstić information content (AvgIpc) is 2.02. The zero-order chi connectivity index (χ0) is 9.72. The molecule has 0 saturated heterocycles. The van der Waals surface area contributed by atoms with E-state index in [2.05, 4.69) is 0 Å². The van der Waals surface area contributed by atoms with E-state index < -0.39 is 18.2 Å². The van der Waals surface area contributed by atoms with Crippen molar-refractivity contribution >= 4 is 11.8 Å². The molecule has 0 aromatic rings. The molecule has 0 aromatic carbocycles. The summed E-state index contributed by atoms with van der Waals surface area (Å²) in [7, 11) is 1.41. The first-order valence-electron chi connectivity index (χ1n) is 3.72. The van der Waals surface area contributed by atoms with Gasteiger partial charge >= 0.3 is 5.97 Å². The van der Waals surface area contributed by atoms with Crippen LogP contribution in [-0.2, 0) is 19.1 Å². The van der Waals surface area contributed by atoms with Crippen LogP contribution in [0, 0.1) is 0 Å².